The molecule has 1 heterocycles. The van der Waals surface area contributed by atoms with Crippen molar-refractivity contribution in [1.29, 1.82) is 0 Å². The van der Waals surface area contributed by atoms with E-state index in [2.05, 4.69) is 9.98 Å². The van der Waals surface area contributed by atoms with E-state index in [1.807, 2.05) is 17.4 Å². The smallest absolute Gasteiger partial charge is 0.297 e. The number of rotatable bonds is 0. The third-order valence-electron chi connectivity index (χ3n) is 1.67. The third kappa shape index (κ3) is 4.33. The molecule has 1 aliphatic rings. The minimum Gasteiger partial charge on any atom is -0.297 e. The summed E-state index contributed by atoms with van der Waals surface area (Å²) in [6.45, 7) is 2.59. The molecule has 4 amide bonds. The number of nitrogens with one attached hydrogen (secondary N) is 1. The highest BCUT2D eigenvalue weighted by molar-refractivity contribution is 5.92. The number of benzene rings is 1. The molecule has 0 radical (unpaired) electrons. The van der Waals surface area contributed by atoms with Crippen LogP contribution in [0.5, 0.6) is 0 Å². The van der Waals surface area contributed by atoms with E-state index >= 15 is 0 Å². The predicted octanol–water partition coefficient (Wildman–Crippen LogP) is -0.272. The van der Waals surface area contributed by atoms with Gasteiger partial charge in [-0.1, -0.05) is 12.1 Å². The maximum atomic E-state index is 10.6. The molecule has 0 saturated carbocycles. The molecular formula is C11H11N3O3. The van der Waals surface area contributed by atoms with Crippen molar-refractivity contribution in [3.63, 3.8) is 0 Å². The summed E-state index contributed by atoms with van der Waals surface area (Å²) in [7, 11) is 0. The molecule has 0 fully saturated rings. The van der Waals surface area contributed by atoms with Gasteiger partial charge in [-0.2, -0.15) is 9.98 Å². The lowest BCUT2D eigenvalue weighted by Gasteiger charge is -1.88. The van der Waals surface area contributed by atoms with Crippen molar-refractivity contribution < 1.29 is 14.4 Å². The largest absolute Gasteiger partial charge is 0.368 e. The number of hydrogen-bond donors (Lipinski definition) is 1. The third-order valence-corrected chi connectivity index (χ3v) is 1.67. The molecule has 6 nitrogen and oxygen atoms in total. The monoisotopic (exact) mass is 233 g/mol. The molecule has 88 valence electrons. The van der Waals surface area contributed by atoms with Crippen LogP contribution >= 0.6 is 0 Å². The second kappa shape index (κ2) is 5.64. The molecule has 0 aromatic heterocycles. The number of urea groups is 1. The second-order valence-electron chi connectivity index (χ2n) is 3.23. The van der Waals surface area contributed by atoms with Crippen LogP contribution < -0.4 is 16.0 Å². The van der Waals surface area contributed by atoms with Gasteiger partial charge in [0, 0.05) is 13.8 Å². The topological polar surface area (TPSA) is 88.0 Å². The first-order valence-electron chi connectivity index (χ1n) is 4.83. The van der Waals surface area contributed by atoms with Gasteiger partial charge in [0.1, 0.15) is 0 Å². The van der Waals surface area contributed by atoms with Gasteiger partial charge >= 0.3 is 6.03 Å². The van der Waals surface area contributed by atoms with Gasteiger partial charge in [-0.3, -0.25) is 14.9 Å². The molecule has 0 spiro atoms. The fraction of sp³-hybridized carbons (Fsp3) is 0.182. The zero-order valence-corrected chi connectivity index (χ0v) is 9.43. The molecule has 1 aromatic carbocycles. The molecular weight excluding hydrogens is 222 g/mol. The zero-order valence-electron chi connectivity index (χ0n) is 9.43. The van der Waals surface area contributed by atoms with Gasteiger partial charge in [-0.05, 0) is 12.1 Å². The van der Waals surface area contributed by atoms with Gasteiger partial charge in [0.2, 0.25) is 11.8 Å². The number of para-hydroxylation sites is 2. The maximum absolute atomic E-state index is 10.6. The molecule has 1 aliphatic heterocycles. The first kappa shape index (κ1) is 12.7. The SMILES string of the molecule is CC(=O)NC(C)=O.O=C1N=c2ccccc2=N1. The highest BCUT2D eigenvalue weighted by Gasteiger charge is 2.01. The van der Waals surface area contributed by atoms with E-state index in [9.17, 15) is 14.4 Å². The predicted molar refractivity (Wildman–Crippen MR) is 58.6 cm³/mol. The van der Waals surface area contributed by atoms with Gasteiger partial charge in [0.15, 0.2) is 0 Å². The summed E-state index contributed by atoms with van der Waals surface area (Å²) in [6.07, 6.45) is 0. The number of carbonyl (C=O) groups excluding carboxylic acids is 3. The number of carbonyl (C=O) groups is 3. The molecule has 0 unspecified atom stereocenters. The zero-order chi connectivity index (χ0) is 12.8. The summed E-state index contributed by atoms with van der Waals surface area (Å²) in [6, 6.07) is 6.79. The summed E-state index contributed by atoms with van der Waals surface area (Å²) < 4.78 is 0. The van der Waals surface area contributed by atoms with Crippen LogP contribution in [-0.2, 0) is 9.59 Å². The number of amides is 4. The number of imide groups is 1. The van der Waals surface area contributed by atoms with Gasteiger partial charge in [-0.15, -0.1) is 0 Å². The second-order valence-corrected chi connectivity index (χ2v) is 3.23. The van der Waals surface area contributed by atoms with Crippen LogP contribution in [0.25, 0.3) is 0 Å². The van der Waals surface area contributed by atoms with E-state index in [1.165, 1.54) is 13.8 Å². The highest BCUT2D eigenvalue weighted by Crippen LogP contribution is 1.83. The molecule has 1 aromatic rings. The summed E-state index contributed by atoms with van der Waals surface area (Å²) in [5.41, 5.74) is 0. The Balaban J connectivity index is 0.000000185. The van der Waals surface area contributed by atoms with Gasteiger partial charge in [0.05, 0.1) is 10.7 Å². The lowest BCUT2D eigenvalue weighted by molar-refractivity contribution is -0.127. The van der Waals surface area contributed by atoms with Crippen LogP contribution in [0, 0.1) is 0 Å². The van der Waals surface area contributed by atoms with Gasteiger partial charge in [-0.25, -0.2) is 4.79 Å². The van der Waals surface area contributed by atoms with Crippen molar-refractivity contribution in [1.82, 2.24) is 5.32 Å². The fourth-order valence-corrected chi connectivity index (χ4v) is 1.13. The number of fused-ring (bicyclic) bond motifs is 1. The van der Waals surface area contributed by atoms with Crippen LogP contribution in [0.4, 0.5) is 4.79 Å². The minimum atomic E-state index is -0.402. The van der Waals surface area contributed by atoms with E-state index in [4.69, 9.17) is 0 Å². The lowest BCUT2D eigenvalue weighted by atomic mass is 10.3. The van der Waals surface area contributed by atoms with Crippen molar-refractivity contribution >= 4 is 17.8 Å². The Morgan fingerprint density at radius 2 is 1.41 bits per heavy atom. The van der Waals surface area contributed by atoms with Crippen LogP contribution in [0.3, 0.4) is 0 Å². The van der Waals surface area contributed by atoms with Crippen molar-refractivity contribution in [2.75, 3.05) is 0 Å². The van der Waals surface area contributed by atoms with E-state index < -0.39 is 6.03 Å². The standard InChI is InChI=1S/C7H4N2O.C4H7NO2/c10-7-8-5-3-1-2-4-6(5)9-7;1-3(6)5-4(2)7/h1-4H;1-2H3,(H,5,6,7). The van der Waals surface area contributed by atoms with Crippen molar-refractivity contribution in [2.45, 2.75) is 13.8 Å². The minimum absolute atomic E-state index is 0.312. The maximum Gasteiger partial charge on any atom is 0.368 e. The average Bonchev–Trinajstić information content (AvgIpc) is 2.56. The van der Waals surface area contributed by atoms with Crippen molar-refractivity contribution in [3.8, 4) is 0 Å². The van der Waals surface area contributed by atoms with Crippen LogP contribution in [0.1, 0.15) is 13.8 Å². The van der Waals surface area contributed by atoms with Gasteiger partial charge < -0.3 is 0 Å². The Morgan fingerprint density at radius 1 is 1.00 bits per heavy atom. The number of nitrogens with zero attached hydrogens (tertiary/aromatic N) is 2. The quantitative estimate of drug-likeness (QED) is 0.669. The molecule has 0 atom stereocenters. The molecule has 2 rings (SSSR count). The summed E-state index contributed by atoms with van der Waals surface area (Å²) >= 11 is 0. The molecule has 6 heteroatoms. The van der Waals surface area contributed by atoms with E-state index in [0.717, 1.165) is 0 Å². The van der Waals surface area contributed by atoms with E-state index in [0.29, 0.717) is 10.7 Å². The summed E-state index contributed by atoms with van der Waals surface area (Å²) in [5.74, 6) is -0.625. The highest BCUT2D eigenvalue weighted by atomic mass is 16.2. The Labute approximate surface area is 97.1 Å². The van der Waals surface area contributed by atoms with Crippen LogP contribution in [0.2, 0.25) is 0 Å². The summed E-state index contributed by atoms with van der Waals surface area (Å²) in [4.78, 5) is 37.7. The normalized spacial score (nSPS) is 11.3. The van der Waals surface area contributed by atoms with Crippen molar-refractivity contribution in [2.24, 2.45) is 9.98 Å². The van der Waals surface area contributed by atoms with E-state index in [1.54, 1.807) is 12.1 Å². The van der Waals surface area contributed by atoms with Crippen LogP contribution in [0.15, 0.2) is 34.3 Å². The molecule has 0 saturated heterocycles. The average molecular weight is 233 g/mol. The molecule has 17 heavy (non-hydrogen) atoms. The Hall–Kier alpha value is -2.37. The lowest BCUT2D eigenvalue weighted by Crippen LogP contribution is -2.24. The first-order valence-corrected chi connectivity index (χ1v) is 4.83. The fourth-order valence-electron chi connectivity index (χ4n) is 1.13. The number of hydrogen-bond acceptors (Lipinski definition) is 3. The first-order chi connectivity index (χ1) is 7.99. The molecule has 0 aliphatic carbocycles. The Bertz CT molecular complexity index is 529. The summed E-state index contributed by atoms with van der Waals surface area (Å²) in [5, 5.41) is 3.38. The van der Waals surface area contributed by atoms with Crippen LogP contribution in [-0.4, -0.2) is 17.8 Å². The van der Waals surface area contributed by atoms with Crippen molar-refractivity contribution in [3.05, 3.63) is 35.0 Å². The Morgan fingerprint density at radius 3 is 1.71 bits per heavy atom. The van der Waals surface area contributed by atoms with E-state index in [-0.39, 0.29) is 11.8 Å². The molecule has 1 N–H and O–H groups in total. The Kier molecular flexibility index (Phi) is 4.21. The van der Waals surface area contributed by atoms with Gasteiger partial charge in [0.25, 0.3) is 0 Å². The molecule has 0 bridgehead atoms.